The molecule has 0 aliphatic rings. The van der Waals surface area contributed by atoms with Gasteiger partial charge in [-0.15, -0.1) is 6.58 Å². The lowest BCUT2D eigenvalue weighted by molar-refractivity contribution is -0.143. The fraction of sp³-hybridized carbons (Fsp3) is 0.385. The molecule has 1 rings (SSSR count). The van der Waals surface area contributed by atoms with Crippen LogP contribution in [-0.4, -0.2) is 36.2 Å². The van der Waals surface area contributed by atoms with E-state index in [1.807, 2.05) is 16.8 Å². The molecule has 0 radical (unpaired) electrons. The van der Waals surface area contributed by atoms with Gasteiger partial charge in [0, 0.05) is 0 Å². The van der Waals surface area contributed by atoms with Crippen molar-refractivity contribution in [1.82, 2.24) is 5.32 Å². The monoisotopic (exact) mass is 283 g/mol. The number of aliphatic carboxylic acids is 1. The van der Waals surface area contributed by atoms with E-state index in [0.717, 1.165) is 5.56 Å². The highest BCUT2D eigenvalue weighted by atomic mass is 32.1. The minimum absolute atomic E-state index is 0.0799. The number of amides is 1. The largest absolute Gasteiger partial charge is 0.480 e. The topological polar surface area (TPSA) is 75.6 Å². The summed E-state index contributed by atoms with van der Waals surface area (Å²) in [5.74, 6) is -1.82. The lowest BCUT2D eigenvalue weighted by atomic mass is 10.0. The molecule has 2 atom stereocenters. The van der Waals surface area contributed by atoms with Crippen molar-refractivity contribution in [1.29, 1.82) is 0 Å². The van der Waals surface area contributed by atoms with Crippen LogP contribution >= 0.6 is 11.3 Å². The Morgan fingerprint density at radius 1 is 1.63 bits per heavy atom. The second kappa shape index (κ2) is 7.70. The third-order valence-corrected chi connectivity index (χ3v) is 3.27. The fourth-order valence-electron chi connectivity index (χ4n) is 1.41. The zero-order valence-corrected chi connectivity index (χ0v) is 11.5. The Labute approximate surface area is 115 Å². The molecule has 2 unspecified atom stereocenters. The van der Waals surface area contributed by atoms with Crippen LogP contribution in [0.3, 0.4) is 0 Å². The number of carboxylic acid groups (broad SMARTS) is 1. The molecule has 0 saturated carbocycles. The van der Waals surface area contributed by atoms with Gasteiger partial charge < -0.3 is 15.2 Å². The molecule has 19 heavy (non-hydrogen) atoms. The fourth-order valence-corrected chi connectivity index (χ4v) is 2.17. The second-order valence-corrected chi connectivity index (χ2v) is 4.78. The summed E-state index contributed by atoms with van der Waals surface area (Å²) in [5.41, 5.74) is 0.874. The van der Waals surface area contributed by atoms with E-state index >= 15 is 0 Å². The van der Waals surface area contributed by atoms with Crippen LogP contribution in [-0.2, 0) is 14.3 Å². The van der Waals surface area contributed by atoms with Crippen molar-refractivity contribution < 1.29 is 19.4 Å². The summed E-state index contributed by atoms with van der Waals surface area (Å²) in [5, 5.41) is 15.2. The molecule has 0 fully saturated rings. The minimum Gasteiger partial charge on any atom is -0.480 e. The molecule has 0 aliphatic carbocycles. The van der Waals surface area contributed by atoms with E-state index in [2.05, 4.69) is 11.9 Å². The molecule has 0 aromatic carbocycles. The number of hydrogen-bond acceptors (Lipinski definition) is 4. The third kappa shape index (κ3) is 4.84. The van der Waals surface area contributed by atoms with E-state index in [1.54, 1.807) is 6.92 Å². The van der Waals surface area contributed by atoms with Crippen LogP contribution < -0.4 is 5.32 Å². The molecule has 0 aliphatic heterocycles. The summed E-state index contributed by atoms with van der Waals surface area (Å²) < 4.78 is 5.07. The summed E-state index contributed by atoms with van der Waals surface area (Å²) in [6.45, 7) is 5.37. The number of thiophene rings is 1. The summed E-state index contributed by atoms with van der Waals surface area (Å²) in [7, 11) is 0. The van der Waals surface area contributed by atoms with E-state index in [4.69, 9.17) is 9.84 Å². The minimum atomic E-state index is -1.12. The maximum absolute atomic E-state index is 11.9. The maximum atomic E-state index is 11.9. The predicted molar refractivity (Wildman–Crippen MR) is 73.3 cm³/mol. The highest BCUT2D eigenvalue weighted by Crippen LogP contribution is 2.18. The Bertz CT molecular complexity index is 430. The average Bonchev–Trinajstić information content (AvgIpc) is 2.90. The number of carbonyl (C=O) groups excluding carboxylic acids is 1. The number of carbonyl (C=O) groups is 2. The Kier molecular flexibility index (Phi) is 6.24. The van der Waals surface area contributed by atoms with E-state index < -0.39 is 12.0 Å². The molecule has 1 heterocycles. The first kappa shape index (κ1) is 15.4. The standard InChI is InChI=1S/C13H17NO4S/c1-3-5-18-7-11(13(16)17)14-12(15)9(2)10-4-6-19-8-10/h3-4,6,8-9,11H,1,5,7H2,2H3,(H,14,15)(H,16,17). The lowest BCUT2D eigenvalue weighted by Crippen LogP contribution is -2.45. The molecule has 5 nitrogen and oxygen atoms in total. The van der Waals surface area contributed by atoms with Crippen LogP contribution in [0.2, 0.25) is 0 Å². The highest BCUT2D eigenvalue weighted by molar-refractivity contribution is 7.08. The van der Waals surface area contributed by atoms with Gasteiger partial charge in [-0.05, 0) is 29.3 Å². The van der Waals surface area contributed by atoms with Gasteiger partial charge >= 0.3 is 5.97 Å². The predicted octanol–water partition coefficient (Wildman–Crippen LogP) is 1.62. The number of carboxylic acids is 1. The van der Waals surface area contributed by atoms with Gasteiger partial charge in [-0.2, -0.15) is 11.3 Å². The molecule has 1 aromatic rings. The molecule has 0 bridgehead atoms. The summed E-state index contributed by atoms with van der Waals surface area (Å²) in [6, 6.07) is 0.798. The molecular formula is C13H17NO4S. The molecule has 0 spiro atoms. The molecule has 2 N–H and O–H groups in total. The van der Waals surface area contributed by atoms with Gasteiger partial charge in [-0.3, -0.25) is 4.79 Å². The molecule has 1 amide bonds. The molecule has 104 valence electrons. The van der Waals surface area contributed by atoms with E-state index in [0.29, 0.717) is 0 Å². The number of hydrogen-bond donors (Lipinski definition) is 2. The zero-order chi connectivity index (χ0) is 14.3. The lowest BCUT2D eigenvalue weighted by Gasteiger charge is -2.17. The van der Waals surface area contributed by atoms with Gasteiger partial charge in [0.1, 0.15) is 0 Å². The van der Waals surface area contributed by atoms with E-state index in [9.17, 15) is 9.59 Å². The zero-order valence-electron chi connectivity index (χ0n) is 10.7. The normalized spacial score (nSPS) is 13.5. The van der Waals surface area contributed by atoms with Crippen molar-refractivity contribution >= 4 is 23.2 Å². The van der Waals surface area contributed by atoms with Crippen LogP contribution in [0, 0.1) is 0 Å². The molecule has 0 saturated heterocycles. The van der Waals surface area contributed by atoms with Crippen molar-refractivity contribution in [2.24, 2.45) is 0 Å². The third-order valence-electron chi connectivity index (χ3n) is 2.57. The van der Waals surface area contributed by atoms with Crippen molar-refractivity contribution in [3.8, 4) is 0 Å². The Morgan fingerprint density at radius 3 is 2.89 bits per heavy atom. The smallest absolute Gasteiger partial charge is 0.328 e. The highest BCUT2D eigenvalue weighted by Gasteiger charge is 2.23. The number of rotatable bonds is 8. The van der Waals surface area contributed by atoms with Crippen LogP contribution in [0.15, 0.2) is 29.5 Å². The van der Waals surface area contributed by atoms with Crippen LogP contribution in [0.5, 0.6) is 0 Å². The van der Waals surface area contributed by atoms with Gasteiger partial charge in [-0.25, -0.2) is 4.79 Å². The molecule has 6 heteroatoms. The summed E-state index contributed by atoms with van der Waals surface area (Å²) >= 11 is 1.50. The quantitative estimate of drug-likeness (QED) is 0.561. The first-order chi connectivity index (χ1) is 9.06. The van der Waals surface area contributed by atoms with Crippen LogP contribution in [0.4, 0.5) is 0 Å². The van der Waals surface area contributed by atoms with Crippen molar-refractivity contribution in [2.75, 3.05) is 13.2 Å². The van der Waals surface area contributed by atoms with Crippen molar-refractivity contribution in [2.45, 2.75) is 18.9 Å². The van der Waals surface area contributed by atoms with Gasteiger partial charge in [-0.1, -0.05) is 6.08 Å². The van der Waals surface area contributed by atoms with Crippen LogP contribution in [0.25, 0.3) is 0 Å². The van der Waals surface area contributed by atoms with Gasteiger partial charge in [0.05, 0.1) is 19.1 Å². The Morgan fingerprint density at radius 2 is 2.37 bits per heavy atom. The van der Waals surface area contributed by atoms with Crippen molar-refractivity contribution in [3.63, 3.8) is 0 Å². The van der Waals surface area contributed by atoms with Gasteiger partial charge in [0.25, 0.3) is 0 Å². The second-order valence-electron chi connectivity index (χ2n) is 4.00. The number of nitrogens with one attached hydrogen (secondary N) is 1. The van der Waals surface area contributed by atoms with E-state index in [1.165, 1.54) is 17.4 Å². The summed E-state index contributed by atoms with van der Waals surface area (Å²) in [6.07, 6.45) is 1.52. The summed E-state index contributed by atoms with van der Waals surface area (Å²) in [4.78, 5) is 23.0. The Balaban J connectivity index is 2.55. The Hall–Kier alpha value is -1.66. The molecule has 1 aromatic heterocycles. The SMILES string of the molecule is C=CCOCC(NC(=O)C(C)c1ccsc1)C(=O)O. The first-order valence-electron chi connectivity index (χ1n) is 5.80. The van der Waals surface area contributed by atoms with Gasteiger partial charge in [0.15, 0.2) is 6.04 Å². The molecular weight excluding hydrogens is 266 g/mol. The van der Waals surface area contributed by atoms with Crippen molar-refractivity contribution in [3.05, 3.63) is 35.0 Å². The number of ether oxygens (including phenoxy) is 1. The average molecular weight is 283 g/mol. The van der Waals surface area contributed by atoms with Gasteiger partial charge in [0.2, 0.25) is 5.91 Å². The van der Waals surface area contributed by atoms with Crippen LogP contribution in [0.1, 0.15) is 18.4 Å². The van der Waals surface area contributed by atoms with E-state index in [-0.39, 0.29) is 25.0 Å². The first-order valence-corrected chi connectivity index (χ1v) is 6.74. The maximum Gasteiger partial charge on any atom is 0.328 e.